The zero-order chi connectivity index (χ0) is 17.4. The predicted octanol–water partition coefficient (Wildman–Crippen LogP) is 0.961. The van der Waals surface area contributed by atoms with E-state index in [1.54, 1.807) is 13.0 Å². The lowest BCUT2D eigenvalue weighted by Crippen LogP contribution is -2.36. The molecule has 1 aliphatic rings. The molecule has 0 aliphatic carbocycles. The Labute approximate surface area is 140 Å². The van der Waals surface area contributed by atoms with E-state index in [1.165, 1.54) is 12.1 Å². The van der Waals surface area contributed by atoms with Crippen LogP contribution in [-0.2, 0) is 0 Å². The number of fused-ring (bicyclic) bond motifs is 1. The number of H-pyrrole nitrogens is 1. The van der Waals surface area contributed by atoms with Crippen LogP contribution in [0.3, 0.4) is 0 Å². The molecular weight excluding hydrogens is 329 g/mol. The summed E-state index contributed by atoms with van der Waals surface area (Å²) in [4.78, 5) is 21.0. The zero-order valence-corrected chi connectivity index (χ0v) is 13.0. The number of amides is 1. The van der Waals surface area contributed by atoms with Crippen LogP contribution in [0, 0.1) is 12.7 Å². The van der Waals surface area contributed by atoms with Crippen molar-refractivity contribution in [3.05, 3.63) is 35.1 Å². The summed E-state index contributed by atoms with van der Waals surface area (Å²) in [6, 6.07) is 4.27. The number of anilines is 3. The van der Waals surface area contributed by atoms with Gasteiger partial charge in [-0.3, -0.25) is 10.1 Å². The highest BCUT2D eigenvalue weighted by Gasteiger charge is 2.26. The molecular formula is C14H12FN9O. The maximum atomic E-state index is 13.4. The summed E-state index contributed by atoms with van der Waals surface area (Å²) < 4.78 is 13.4. The monoisotopic (exact) mass is 341 g/mol. The second kappa shape index (κ2) is 5.78. The molecule has 3 heterocycles. The van der Waals surface area contributed by atoms with E-state index in [9.17, 15) is 9.18 Å². The Bertz CT molecular complexity index is 957. The van der Waals surface area contributed by atoms with Crippen LogP contribution in [0.1, 0.15) is 15.9 Å². The minimum Gasteiger partial charge on any atom is -0.352 e. The zero-order valence-electron chi connectivity index (χ0n) is 13.0. The number of nitrogens with zero attached hydrogens (tertiary/aromatic N) is 5. The van der Waals surface area contributed by atoms with Gasteiger partial charge in [0.15, 0.2) is 0 Å². The van der Waals surface area contributed by atoms with Crippen molar-refractivity contribution in [2.75, 3.05) is 17.3 Å². The third kappa shape index (κ3) is 2.71. The number of rotatable bonds is 3. The molecule has 0 radical (unpaired) electrons. The number of hydrogen-bond acceptors (Lipinski definition) is 8. The lowest BCUT2D eigenvalue weighted by Gasteiger charge is -2.21. The van der Waals surface area contributed by atoms with Crippen LogP contribution >= 0.6 is 0 Å². The van der Waals surface area contributed by atoms with E-state index < -0.39 is 0 Å². The Morgan fingerprint density at radius 3 is 2.84 bits per heavy atom. The summed E-state index contributed by atoms with van der Waals surface area (Å²) >= 11 is 0. The maximum Gasteiger partial charge on any atom is 0.269 e. The van der Waals surface area contributed by atoms with Gasteiger partial charge in [0, 0.05) is 5.56 Å². The van der Waals surface area contributed by atoms with Crippen LogP contribution in [0.5, 0.6) is 0 Å². The second-order valence-electron chi connectivity index (χ2n) is 5.30. The van der Waals surface area contributed by atoms with Crippen molar-refractivity contribution in [1.29, 1.82) is 0 Å². The van der Waals surface area contributed by atoms with Crippen LogP contribution in [0.15, 0.2) is 18.2 Å². The number of benzene rings is 1. The van der Waals surface area contributed by atoms with Gasteiger partial charge in [0.05, 0.1) is 12.4 Å². The fourth-order valence-electron chi connectivity index (χ4n) is 2.56. The van der Waals surface area contributed by atoms with Gasteiger partial charge in [0.2, 0.25) is 5.95 Å². The molecule has 4 N–H and O–H groups in total. The number of aromatic amines is 1. The van der Waals surface area contributed by atoms with Crippen molar-refractivity contribution in [3.8, 4) is 11.3 Å². The fourth-order valence-corrected chi connectivity index (χ4v) is 2.56. The number of hydrogen-bond donors (Lipinski definition) is 4. The molecule has 2 aromatic heterocycles. The van der Waals surface area contributed by atoms with Gasteiger partial charge in [-0.1, -0.05) is 5.10 Å². The molecule has 0 saturated heterocycles. The van der Waals surface area contributed by atoms with Gasteiger partial charge in [0.1, 0.15) is 17.2 Å². The van der Waals surface area contributed by atoms with Crippen molar-refractivity contribution < 1.29 is 9.18 Å². The molecule has 0 spiro atoms. The Kier molecular flexibility index (Phi) is 3.45. The van der Waals surface area contributed by atoms with Crippen LogP contribution in [0.4, 0.5) is 22.1 Å². The van der Waals surface area contributed by atoms with Crippen LogP contribution in [0.2, 0.25) is 0 Å². The number of carbonyl (C=O) groups excluding carboxylic acids is 1. The number of tetrazole rings is 1. The summed E-state index contributed by atoms with van der Waals surface area (Å²) in [6.07, 6.45) is 0. The fraction of sp³-hybridized carbons (Fsp3) is 0.143. The number of nitrogens with one attached hydrogen (secondary N) is 4. The topological polar surface area (TPSA) is 133 Å². The van der Waals surface area contributed by atoms with Gasteiger partial charge >= 0.3 is 0 Å². The lowest BCUT2D eigenvalue weighted by atomic mass is 10.0. The predicted molar refractivity (Wildman–Crippen MR) is 85.6 cm³/mol. The molecule has 10 nitrogen and oxygen atoms in total. The van der Waals surface area contributed by atoms with Crippen molar-refractivity contribution in [2.24, 2.45) is 0 Å². The molecule has 1 amide bonds. The first-order valence-corrected chi connectivity index (χ1v) is 7.33. The third-order valence-electron chi connectivity index (χ3n) is 3.65. The largest absolute Gasteiger partial charge is 0.352 e. The summed E-state index contributed by atoms with van der Waals surface area (Å²) in [5.41, 5.74) is 1.93. The molecule has 11 heteroatoms. The molecule has 0 fully saturated rings. The molecule has 0 atom stereocenters. The first-order valence-electron chi connectivity index (χ1n) is 7.33. The summed E-state index contributed by atoms with van der Waals surface area (Å²) in [5, 5.41) is 21.8. The highest BCUT2D eigenvalue weighted by atomic mass is 19.1. The highest BCUT2D eigenvalue weighted by molar-refractivity contribution is 6.06. The maximum absolute atomic E-state index is 13.4. The van der Waals surface area contributed by atoms with E-state index >= 15 is 0 Å². The first kappa shape index (κ1) is 14.9. The molecule has 25 heavy (non-hydrogen) atoms. The van der Waals surface area contributed by atoms with E-state index in [-0.39, 0.29) is 30.3 Å². The lowest BCUT2D eigenvalue weighted by molar-refractivity contribution is 0.0952. The Balaban J connectivity index is 1.89. The summed E-state index contributed by atoms with van der Waals surface area (Å²) in [5.74, 6) is 0.0574. The van der Waals surface area contributed by atoms with E-state index in [2.05, 4.69) is 46.5 Å². The van der Waals surface area contributed by atoms with Gasteiger partial charge in [-0.2, -0.15) is 10.2 Å². The van der Waals surface area contributed by atoms with Crippen molar-refractivity contribution >= 4 is 23.6 Å². The van der Waals surface area contributed by atoms with Gasteiger partial charge in [0.25, 0.3) is 11.9 Å². The molecule has 1 aromatic carbocycles. The smallest absolute Gasteiger partial charge is 0.269 e. The number of aromatic nitrogens is 6. The Morgan fingerprint density at radius 1 is 1.20 bits per heavy atom. The number of halogens is 1. The molecule has 0 saturated carbocycles. The van der Waals surface area contributed by atoms with Crippen molar-refractivity contribution in [3.63, 3.8) is 0 Å². The quantitative estimate of drug-likeness (QED) is 0.553. The minimum absolute atomic E-state index is 0.182. The van der Waals surface area contributed by atoms with Crippen molar-refractivity contribution in [1.82, 2.24) is 35.9 Å². The van der Waals surface area contributed by atoms with Crippen LogP contribution < -0.4 is 16.0 Å². The molecule has 4 rings (SSSR count). The van der Waals surface area contributed by atoms with Gasteiger partial charge in [-0.25, -0.2) is 9.37 Å². The van der Waals surface area contributed by atoms with Crippen molar-refractivity contribution in [2.45, 2.75) is 6.92 Å². The number of aryl methyl sites for hydroxylation is 1. The number of carbonyl (C=O) groups is 1. The van der Waals surface area contributed by atoms with Gasteiger partial charge in [-0.05, 0) is 35.9 Å². The normalized spacial score (nSPS) is 13.0. The van der Waals surface area contributed by atoms with Gasteiger partial charge in [-0.15, -0.1) is 5.10 Å². The molecule has 3 aromatic rings. The van der Waals surface area contributed by atoms with E-state index in [0.29, 0.717) is 28.2 Å². The summed E-state index contributed by atoms with van der Waals surface area (Å²) in [6.45, 7) is 1.99. The van der Waals surface area contributed by atoms with E-state index in [4.69, 9.17) is 0 Å². The molecule has 126 valence electrons. The summed E-state index contributed by atoms with van der Waals surface area (Å²) in [7, 11) is 0. The van der Waals surface area contributed by atoms with Crippen LogP contribution in [0.25, 0.3) is 11.3 Å². The van der Waals surface area contributed by atoms with E-state index in [0.717, 1.165) is 0 Å². The third-order valence-corrected chi connectivity index (χ3v) is 3.65. The average molecular weight is 341 g/mol. The molecule has 0 bridgehead atoms. The second-order valence-corrected chi connectivity index (χ2v) is 5.30. The standard InChI is InChI=1S/C14H12FN9O/c1-6-4-7(15)2-3-8(6)10-9-11(16-5-17-12(9)25)19-13(18-10)20-14-21-23-24-22-14/h2-4H,5H2,1H3,(H,17,25)(H3,16,18,19,20,21,22,23,24). The molecule has 0 unspecified atom stereocenters. The van der Waals surface area contributed by atoms with Gasteiger partial charge < -0.3 is 10.6 Å². The molecule has 1 aliphatic heterocycles. The minimum atomic E-state index is -0.364. The van der Waals surface area contributed by atoms with Crippen LogP contribution in [-0.4, -0.2) is 43.2 Å². The Hall–Kier alpha value is -3.63. The average Bonchev–Trinajstić information content (AvgIpc) is 3.07. The highest BCUT2D eigenvalue weighted by Crippen LogP contribution is 2.31. The Morgan fingerprint density at radius 2 is 2.08 bits per heavy atom. The first-order chi connectivity index (χ1) is 12.1. The van der Waals surface area contributed by atoms with E-state index in [1.807, 2.05) is 0 Å². The SMILES string of the molecule is Cc1cc(F)ccc1-c1nc(Nc2nn[nH]n2)nc2c1C(=O)NCN2.